The van der Waals surface area contributed by atoms with E-state index < -0.39 is 17.5 Å². The zero-order chi connectivity index (χ0) is 25.3. The van der Waals surface area contributed by atoms with Crippen LogP contribution in [0.3, 0.4) is 0 Å². The number of nitrogens with zero attached hydrogens (tertiary/aromatic N) is 3. The number of amides is 4. The van der Waals surface area contributed by atoms with Gasteiger partial charge < -0.3 is 24.6 Å². The van der Waals surface area contributed by atoms with Gasteiger partial charge >= 0.3 is 6.03 Å². The van der Waals surface area contributed by atoms with E-state index in [1.54, 1.807) is 17.0 Å². The number of anilines is 1. The van der Waals surface area contributed by atoms with E-state index in [1.165, 1.54) is 0 Å². The first-order valence-electron chi connectivity index (χ1n) is 12.4. The summed E-state index contributed by atoms with van der Waals surface area (Å²) in [6.45, 7) is 1.45. The third kappa shape index (κ3) is 4.51. The summed E-state index contributed by atoms with van der Waals surface area (Å²) in [5, 5.41) is 2.87. The van der Waals surface area contributed by atoms with Crippen molar-refractivity contribution >= 4 is 23.5 Å². The fraction of sp³-hybridized carbons (Fsp3) is 0.444. The van der Waals surface area contributed by atoms with Crippen molar-refractivity contribution < 1.29 is 23.9 Å². The number of hydrogen-bond donors (Lipinski definition) is 1. The lowest BCUT2D eigenvalue weighted by Crippen LogP contribution is -2.48. The number of rotatable bonds is 7. The standard InChI is InChI=1S/C27H32N4O5/c1-29(2)20-11-9-19(10-12-20)16-30(17-21-6-5-14-35-21)24(32)18-31-25(33)27(28-26(31)34)13-15-36-23-8-4-3-7-22(23)27/h3-4,7-12,21H,5-6,13-18H2,1-2H3,(H,28,34)/t21-,27+/m1/s1. The Bertz CT molecular complexity index is 1150. The number of hydrogen-bond acceptors (Lipinski definition) is 6. The van der Waals surface area contributed by atoms with Crippen LogP contribution in [0.25, 0.3) is 0 Å². The van der Waals surface area contributed by atoms with Crippen molar-refractivity contribution in [3.8, 4) is 5.75 Å². The molecule has 2 fully saturated rings. The normalized spacial score (nSPS) is 22.8. The number of carbonyl (C=O) groups is 3. The van der Waals surface area contributed by atoms with Crippen molar-refractivity contribution in [3.63, 3.8) is 0 Å². The van der Waals surface area contributed by atoms with Crippen molar-refractivity contribution in [2.75, 3.05) is 45.3 Å². The molecule has 3 aliphatic heterocycles. The maximum Gasteiger partial charge on any atom is 0.325 e. The molecule has 0 unspecified atom stereocenters. The largest absolute Gasteiger partial charge is 0.493 e. The highest BCUT2D eigenvalue weighted by Gasteiger charge is 2.55. The Morgan fingerprint density at radius 1 is 1.11 bits per heavy atom. The molecule has 0 aromatic heterocycles. The molecule has 2 aromatic carbocycles. The lowest BCUT2D eigenvalue weighted by molar-refractivity contribution is -0.140. The van der Waals surface area contributed by atoms with E-state index in [4.69, 9.17) is 9.47 Å². The minimum Gasteiger partial charge on any atom is -0.493 e. The number of urea groups is 1. The minimum atomic E-state index is -1.20. The lowest BCUT2D eigenvalue weighted by atomic mass is 9.84. The zero-order valence-corrected chi connectivity index (χ0v) is 20.7. The van der Waals surface area contributed by atoms with E-state index in [-0.39, 0.29) is 18.6 Å². The Morgan fingerprint density at radius 3 is 2.61 bits per heavy atom. The van der Waals surface area contributed by atoms with Crippen LogP contribution in [-0.2, 0) is 26.4 Å². The molecule has 5 rings (SSSR count). The van der Waals surface area contributed by atoms with Gasteiger partial charge in [-0.2, -0.15) is 0 Å². The molecule has 0 radical (unpaired) electrons. The van der Waals surface area contributed by atoms with Gasteiger partial charge in [-0.05, 0) is 36.6 Å². The molecule has 3 aliphatic rings. The second-order valence-corrected chi connectivity index (χ2v) is 9.79. The smallest absolute Gasteiger partial charge is 0.325 e. The Labute approximate surface area is 210 Å². The summed E-state index contributed by atoms with van der Waals surface area (Å²) in [6, 6.07) is 14.7. The number of nitrogens with one attached hydrogen (secondary N) is 1. The summed E-state index contributed by atoms with van der Waals surface area (Å²) < 4.78 is 11.5. The van der Waals surface area contributed by atoms with E-state index in [2.05, 4.69) is 5.32 Å². The van der Waals surface area contributed by atoms with Gasteiger partial charge in [0.2, 0.25) is 5.91 Å². The Kier molecular flexibility index (Phi) is 6.57. The number of fused-ring (bicyclic) bond motifs is 2. The van der Waals surface area contributed by atoms with Gasteiger partial charge in [-0.25, -0.2) is 4.79 Å². The predicted molar refractivity (Wildman–Crippen MR) is 134 cm³/mol. The summed E-state index contributed by atoms with van der Waals surface area (Å²) in [7, 11) is 3.95. The summed E-state index contributed by atoms with van der Waals surface area (Å²) in [6.07, 6.45) is 2.11. The molecule has 4 amide bonds. The summed E-state index contributed by atoms with van der Waals surface area (Å²) in [5.41, 5.74) is 1.46. The molecule has 190 valence electrons. The van der Waals surface area contributed by atoms with Crippen LogP contribution in [-0.4, -0.2) is 74.1 Å². The zero-order valence-electron chi connectivity index (χ0n) is 20.7. The van der Waals surface area contributed by atoms with Crippen LogP contribution in [0.15, 0.2) is 48.5 Å². The first kappa shape index (κ1) is 24.1. The van der Waals surface area contributed by atoms with E-state index >= 15 is 0 Å². The molecule has 0 bridgehead atoms. The van der Waals surface area contributed by atoms with E-state index in [0.717, 1.165) is 29.0 Å². The number of para-hydroxylation sites is 1. The average molecular weight is 493 g/mol. The van der Waals surface area contributed by atoms with Crippen LogP contribution in [0.2, 0.25) is 0 Å². The number of benzene rings is 2. The summed E-state index contributed by atoms with van der Waals surface area (Å²) in [4.78, 5) is 44.9. The molecule has 1 spiro atoms. The molecule has 2 saturated heterocycles. The first-order valence-corrected chi connectivity index (χ1v) is 12.4. The van der Waals surface area contributed by atoms with E-state index in [0.29, 0.717) is 44.0 Å². The Morgan fingerprint density at radius 2 is 1.89 bits per heavy atom. The summed E-state index contributed by atoms with van der Waals surface area (Å²) >= 11 is 0. The highest BCUT2D eigenvalue weighted by molar-refractivity contribution is 6.09. The lowest BCUT2D eigenvalue weighted by Gasteiger charge is -2.33. The highest BCUT2D eigenvalue weighted by Crippen LogP contribution is 2.41. The number of ether oxygens (including phenoxy) is 2. The first-order chi connectivity index (χ1) is 17.4. The quantitative estimate of drug-likeness (QED) is 0.598. The molecule has 0 aliphatic carbocycles. The third-order valence-electron chi connectivity index (χ3n) is 7.18. The average Bonchev–Trinajstić information content (AvgIpc) is 3.47. The second kappa shape index (κ2) is 9.81. The fourth-order valence-electron chi connectivity index (χ4n) is 5.16. The molecule has 2 atom stereocenters. The molecule has 1 N–H and O–H groups in total. The predicted octanol–water partition coefficient (Wildman–Crippen LogP) is 2.49. The monoisotopic (exact) mass is 492 g/mol. The SMILES string of the molecule is CN(C)c1ccc(CN(C[C@H]2CCCO2)C(=O)CN2C(=O)N[C@]3(CCOc4ccccc43)C2=O)cc1. The van der Waals surface area contributed by atoms with Crippen LogP contribution < -0.4 is 15.0 Å². The van der Waals surface area contributed by atoms with Crippen molar-refractivity contribution in [2.24, 2.45) is 0 Å². The highest BCUT2D eigenvalue weighted by atomic mass is 16.5. The minimum absolute atomic E-state index is 0.0492. The van der Waals surface area contributed by atoms with Crippen molar-refractivity contribution in [2.45, 2.75) is 37.5 Å². The molecular formula is C27H32N4O5. The second-order valence-electron chi connectivity index (χ2n) is 9.79. The van der Waals surface area contributed by atoms with Gasteiger partial charge in [0.05, 0.1) is 12.7 Å². The van der Waals surface area contributed by atoms with Gasteiger partial charge in [0.1, 0.15) is 12.3 Å². The van der Waals surface area contributed by atoms with Gasteiger partial charge in [0.25, 0.3) is 5.91 Å². The van der Waals surface area contributed by atoms with Crippen LogP contribution >= 0.6 is 0 Å². The maximum atomic E-state index is 13.6. The molecule has 9 heteroatoms. The molecular weight excluding hydrogens is 460 g/mol. The maximum absolute atomic E-state index is 13.6. The summed E-state index contributed by atoms with van der Waals surface area (Å²) in [5.74, 6) is -0.126. The molecule has 0 saturated carbocycles. The van der Waals surface area contributed by atoms with Gasteiger partial charge in [-0.1, -0.05) is 30.3 Å². The van der Waals surface area contributed by atoms with E-state index in [9.17, 15) is 14.4 Å². The van der Waals surface area contributed by atoms with Gasteiger partial charge in [-0.3, -0.25) is 14.5 Å². The Hall–Kier alpha value is -3.59. The van der Waals surface area contributed by atoms with Crippen molar-refractivity contribution in [3.05, 3.63) is 59.7 Å². The topological polar surface area (TPSA) is 91.4 Å². The van der Waals surface area contributed by atoms with Crippen LogP contribution in [0.4, 0.5) is 10.5 Å². The number of imide groups is 1. The van der Waals surface area contributed by atoms with Gasteiger partial charge in [0.15, 0.2) is 5.54 Å². The van der Waals surface area contributed by atoms with Crippen LogP contribution in [0, 0.1) is 0 Å². The number of carbonyl (C=O) groups excluding carboxylic acids is 3. The van der Waals surface area contributed by atoms with Gasteiger partial charge in [0, 0.05) is 51.5 Å². The Balaban J connectivity index is 1.35. The van der Waals surface area contributed by atoms with E-state index in [1.807, 2.05) is 55.4 Å². The molecule has 3 heterocycles. The van der Waals surface area contributed by atoms with Gasteiger partial charge in [-0.15, -0.1) is 0 Å². The van der Waals surface area contributed by atoms with Crippen molar-refractivity contribution in [1.82, 2.24) is 15.1 Å². The van der Waals surface area contributed by atoms with Crippen LogP contribution in [0.5, 0.6) is 5.75 Å². The molecule has 36 heavy (non-hydrogen) atoms. The van der Waals surface area contributed by atoms with Crippen LogP contribution in [0.1, 0.15) is 30.4 Å². The van der Waals surface area contributed by atoms with Crippen molar-refractivity contribution in [1.29, 1.82) is 0 Å². The third-order valence-corrected chi connectivity index (χ3v) is 7.18. The fourth-order valence-corrected chi connectivity index (χ4v) is 5.16. The molecule has 9 nitrogen and oxygen atoms in total. The molecule has 2 aromatic rings.